The summed E-state index contributed by atoms with van der Waals surface area (Å²) >= 11 is 0. The van der Waals surface area contributed by atoms with E-state index in [1.165, 1.54) is 18.5 Å². The zero-order chi connectivity index (χ0) is 13.1. The molecule has 17 heavy (non-hydrogen) atoms. The summed E-state index contributed by atoms with van der Waals surface area (Å²) in [4.78, 5) is 14.6. The highest BCUT2D eigenvalue weighted by Gasteiger charge is 2.14. The topological polar surface area (TPSA) is 96.4 Å². The minimum Gasteiger partial charge on any atom is -0.478 e. The molecule has 0 radical (unpaired) electrons. The maximum absolute atomic E-state index is 11.1. The number of carbonyl (C=O) groups is 1. The summed E-state index contributed by atoms with van der Waals surface area (Å²) in [5.41, 5.74) is 0.386. The second-order valence-electron chi connectivity index (χ2n) is 3.86. The van der Waals surface area contributed by atoms with Crippen LogP contribution in [0.25, 0.3) is 0 Å². The fraction of sp³-hybridized carbons (Fsp3) is 0.400. The van der Waals surface area contributed by atoms with Crippen molar-refractivity contribution < 1.29 is 18.3 Å². The Bertz CT molecular complexity index is 513. The van der Waals surface area contributed by atoms with Crippen molar-refractivity contribution in [1.82, 2.24) is 4.98 Å². The molecule has 1 heterocycles. The van der Waals surface area contributed by atoms with E-state index in [4.69, 9.17) is 5.11 Å². The Morgan fingerprint density at radius 1 is 1.59 bits per heavy atom. The number of hydrogen-bond donors (Lipinski definition) is 2. The van der Waals surface area contributed by atoms with Crippen molar-refractivity contribution in [2.24, 2.45) is 0 Å². The summed E-state index contributed by atoms with van der Waals surface area (Å²) in [5.74, 6) is -1.17. The van der Waals surface area contributed by atoms with Gasteiger partial charge in [0.15, 0.2) is 0 Å². The predicted octanol–water partition coefficient (Wildman–Crippen LogP) is 0.625. The van der Waals surface area contributed by atoms with Crippen LogP contribution in [0.5, 0.6) is 0 Å². The normalized spacial score (nSPS) is 13.1. The number of carboxylic acids is 1. The third-order valence-corrected chi connectivity index (χ3v) is 3.11. The van der Waals surface area contributed by atoms with Crippen LogP contribution in [0, 0.1) is 0 Å². The molecule has 1 unspecified atom stereocenters. The van der Waals surface area contributed by atoms with E-state index in [0.29, 0.717) is 5.69 Å². The van der Waals surface area contributed by atoms with Gasteiger partial charge >= 0.3 is 5.97 Å². The smallest absolute Gasteiger partial charge is 0.339 e. The van der Waals surface area contributed by atoms with E-state index >= 15 is 0 Å². The first-order valence-corrected chi connectivity index (χ1v) is 6.97. The van der Waals surface area contributed by atoms with Crippen LogP contribution < -0.4 is 5.32 Å². The van der Waals surface area contributed by atoms with Gasteiger partial charge in [-0.1, -0.05) is 0 Å². The number of nitrogens with one attached hydrogen (secondary N) is 1. The van der Waals surface area contributed by atoms with Gasteiger partial charge < -0.3 is 10.4 Å². The minimum absolute atomic E-state index is 0.0212. The fourth-order valence-corrected chi connectivity index (χ4v) is 2.44. The molecular weight excluding hydrogens is 244 g/mol. The minimum atomic E-state index is -3.10. The molecule has 0 aromatic carbocycles. The highest BCUT2D eigenvalue weighted by Crippen LogP contribution is 2.14. The number of rotatable bonds is 5. The van der Waals surface area contributed by atoms with Crippen molar-refractivity contribution >= 4 is 21.5 Å². The predicted molar refractivity (Wildman–Crippen MR) is 64.0 cm³/mol. The molecule has 1 atom stereocenters. The average Bonchev–Trinajstić information content (AvgIpc) is 2.14. The van der Waals surface area contributed by atoms with Gasteiger partial charge in [-0.2, -0.15) is 0 Å². The fourth-order valence-electron chi connectivity index (χ4n) is 1.45. The lowest BCUT2D eigenvalue weighted by Crippen LogP contribution is -2.26. The van der Waals surface area contributed by atoms with Gasteiger partial charge in [-0.3, -0.25) is 4.98 Å². The van der Waals surface area contributed by atoms with Crippen LogP contribution in [0.4, 0.5) is 5.69 Å². The number of anilines is 1. The van der Waals surface area contributed by atoms with Crippen LogP contribution in [0.3, 0.4) is 0 Å². The van der Waals surface area contributed by atoms with Crippen molar-refractivity contribution in [1.29, 1.82) is 0 Å². The first kappa shape index (κ1) is 13.4. The van der Waals surface area contributed by atoms with Crippen molar-refractivity contribution in [3.8, 4) is 0 Å². The van der Waals surface area contributed by atoms with E-state index < -0.39 is 15.8 Å². The maximum Gasteiger partial charge on any atom is 0.339 e. The van der Waals surface area contributed by atoms with Gasteiger partial charge in [0.05, 0.1) is 11.4 Å². The SMILES string of the molecule is CC(CS(C)(=O)=O)Nc1ccncc1C(=O)O. The lowest BCUT2D eigenvalue weighted by atomic mass is 10.2. The molecule has 6 nitrogen and oxygen atoms in total. The van der Waals surface area contributed by atoms with Crippen molar-refractivity contribution in [3.63, 3.8) is 0 Å². The molecule has 0 aliphatic carbocycles. The molecule has 0 amide bonds. The van der Waals surface area contributed by atoms with E-state index in [-0.39, 0.29) is 17.4 Å². The molecule has 1 rings (SSSR count). The van der Waals surface area contributed by atoms with Gasteiger partial charge in [0, 0.05) is 24.7 Å². The first-order valence-electron chi connectivity index (χ1n) is 4.91. The summed E-state index contributed by atoms with van der Waals surface area (Å²) < 4.78 is 22.2. The highest BCUT2D eigenvalue weighted by atomic mass is 32.2. The van der Waals surface area contributed by atoms with Crippen molar-refractivity contribution in [2.75, 3.05) is 17.3 Å². The molecule has 0 bridgehead atoms. The number of carboxylic acid groups (broad SMARTS) is 1. The van der Waals surface area contributed by atoms with Gasteiger partial charge in [-0.25, -0.2) is 13.2 Å². The molecule has 94 valence electrons. The second-order valence-corrected chi connectivity index (χ2v) is 6.05. The molecule has 0 fully saturated rings. The summed E-state index contributed by atoms with van der Waals surface area (Å²) in [6.07, 6.45) is 3.80. The number of nitrogens with zero attached hydrogens (tertiary/aromatic N) is 1. The molecule has 0 saturated heterocycles. The number of hydrogen-bond acceptors (Lipinski definition) is 5. The van der Waals surface area contributed by atoms with Crippen LogP contribution in [-0.2, 0) is 9.84 Å². The number of sulfone groups is 1. The molecule has 0 saturated carbocycles. The average molecular weight is 258 g/mol. The number of aromatic nitrogens is 1. The van der Waals surface area contributed by atoms with E-state index in [0.717, 1.165) is 6.26 Å². The molecule has 0 spiro atoms. The molecule has 7 heteroatoms. The molecule has 0 aliphatic rings. The number of aromatic carboxylic acids is 1. The Hall–Kier alpha value is -1.63. The van der Waals surface area contributed by atoms with Gasteiger partial charge in [-0.15, -0.1) is 0 Å². The van der Waals surface area contributed by atoms with E-state index in [1.54, 1.807) is 6.92 Å². The van der Waals surface area contributed by atoms with E-state index in [9.17, 15) is 13.2 Å². The summed E-state index contributed by atoms with van der Waals surface area (Å²) in [5, 5.41) is 11.8. The van der Waals surface area contributed by atoms with Gasteiger partial charge in [0.25, 0.3) is 0 Å². The monoisotopic (exact) mass is 258 g/mol. The Kier molecular flexibility index (Phi) is 4.06. The zero-order valence-electron chi connectivity index (χ0n) is 9.54. The van der Waals surface area contributed by atoms with Crippen molar-refractivity contribution in [3.05, 3.63) is 24.0 Å². The van der Waals surface area contributed by atoms with Crippen LogP contribution in [0.1, 0.15) is 17.3 Å². The zero-order valence-corrected chi connectivity index (χ0v) is 10.4. The largest absolute Gasteiger partial charge is 0.478 e. The lowest BCUT2D eigenvalue weighted by Gasteiger charge is -2.15. The Morgan fingerprint density at radius 2 is 2.24 bits per heavy atom. The molecular formula is C10H14N2O4S. The van der Waals surface area contributed by atoms with Gasteiger partial charge in [-0.05, 0) is 13.0 Å². The van der Waals surface area contributed by atoms with Crippen molar-refractivity contribution in [2.45, 2.75) is 13.0 Å². The molecule has 1 aromatic heterocycles. The molecule has 2 N–H and O–H groups in total. The first-order chi connectivity index (χ1) is 7.79. The van der Waals surface area contributed by atoms with E-state index in [1.807, 2.05) is 0 Å². The summed E-state index contributed by atoms with van der Waals surface area (Å²) in [6.45, 7) is 1.67. The third kappa shape index (κ3) is 4.39. The summed E-state index contributed by atoms with van der Waals surface area (Å²) in [6, 6.07) is 1.13. The van der Waals surface area contributed by atoms with Crippen LogP contribution >= 0.6 is 0 Å². The van der Waals surface area contributed by atoms with Gasteiger partial charge in [0.2, 0.25) is 0 Å². The molecule has 0 aliphatic heterocycles. The third-order valence-electron chi connectivity index (χ3n) is 2.01. The second kappa shape index (κ2) is 5.13. The quantitative estimate of drug-likeness (QED) is 0.804. The highest BCUT2D eigenvalue weighted by molar-refractivity contribution is 7.90. The Morgan fingerprint density at radius 3 is 2.76 bits per heavy atom. The Labute approximate surface area is 99.6 Å². The lowest BCUT2D eigenvalue weighted by molar-refractivity contribution is 0.0697. The standard InChI is InChI=1S/C10H14N2O4S/c1-7(6-17(2,15)16)12-9-3-4-11-5-8(9)10(13)14/h3-5,7H,6H2,1-2H3,(H,11,12)(H,13,14). The maximum atomic E-state index is 11.1. The van der Waals surface area contributed by atoms with Crippen LogP contribution in [0.2, 0.25) is 0 Å². The van der Waals surface area contributed by atoms with Crippen LogP contribution in [-0.4, -0.2) is 42.5 Å². The summed E-state index contributed by atoms with van der Waals surface area (Å²) in [7, 11) is -3.10. The van der Waals surface area contributed by atoms with Crippen LogP contribution in [0.15, 0.2) is 18.5 Å². The number of pyridine rings is 1. The molecule has 1 aromatic rings. The van der Waals surface area contributed by atoms with E-state index in [2.05, 4.69) is 10.3 Å². The Balaban J connectivity index is 2.85. The van der Waals surface area contributed by atoms with Gasteiger partial charge in [0.1, 0.15) is 15.4 Å².